The topological polar surface area (TPSA) is 71.1 Å². The number of carbonyl (C=O) groups excluding carboxylic acids is 2. The summed E-state index contributed by atoms with van der Waals surface area (Å²) in [6.07, 6.45) is 6.68. The fourth-order valence-corrected chi connectivity index (χ4v) is 8.58. The van der Waals surface area contributed by atoms with Crippen LogP contribution in [0.2, 0.25) is 0 Å². The maximum atomic E-state index is 13.6. The number of fused-ring (bicyclic) bond motifs is 1. The minimum atomic E-state index is -1.02. The minimum absolute atomic E-state index is 0.0839. The molecule has 0 N–H and O–H groups in total. The second-order valence-corrected chi connectivity index (χ2v) is 10.6. The van der Waals surface area contributed by atoms with E-state index in [1.807, 2.05) is 6.92 Å². The summed E-state index contributed by atoms with van der Waals surface area (Å²) in [5, 5.41) is 0. The quantitative estimate of drug-likeness (QED) is 0.443. The Morgan fingerprint density at radius 2 is 1.91 bits per heavy atom. The molecule has 6 nitrogen and oxygen atoms in total. The van der Waals surface area contributed by atoms with Crippen molar-refractivity contribution in [2.75, 3.05) is 20.3 Å². The van der Waals surface area contributed by atoms with Gasteiger partial charge in [-0.15, -0.1) is 13.2 Å². The predicted octanol–water partition coefficient (Wildman–Crippen LogP) is 3.62. The van der Waals surface area contributed by atoms with Crippen molar-refractivity contribution in [1.82, 2.24) is 0 Å². The fourth-order valence-electron chi connectivity index (χ4n) is 8.58. The van der Waals surface area contributed by atoms with Crippen LogP contribution >= 0.6 is 0 Å². The van der Waals surface area contributed by atoms with Crippen LogP contribution in [0.15, 0.2) is 37.5 Å². The van der Waals surface area contributed by atoms with Crippen molar-refractivity contribution < 1.29 is 28.5 Å². The number of hydrogen-bond acceptors (Lipinski definition) is 6. The van der Waals surface area contributed by atoms with E-state index in [-0.39, 0.29) is 41.9 Å². The van der Waals surface area contributed by atoms with Crippen LogP contribution in [0.4, 0.5) is 0 Å². The van der Waals surface area contributed by atoms with E-state index in [1.54, 1.807) is 12.2 Å². The third-order valence-electron chi connectivity index (χ3n) is 9.42. The van der Waals surface area contributed by atoms with Gasteiger partial charge in [-0.25, -0.2) is 0 Å². The molecule has 5 rings (SSSR count). The van der Waals surface area contributed by atoms with Crippen molar-refractivity contribution in [3.05, 3.63) is 37.5 Å². The van der Waals surface area contributed by atoms with E-state index in [0.29, 0.717) is 18.9 Å². The lowest BCUT2D eigenvalue weighted by Crippen LogP contribution is -2.60. The van der Waals surface area contributed by atoms with Gasteiger partial charge < -0.3 is 18.9 Å². The third kappa shape index (κ3) is 2.48. The molecule has 0 radical (unpaired) electrons. The molecule has 4 aliphatic carbocycles. The molecule has 0 aromatic heterocycles. The Morgan fingerprint density at radius 1 is 1.19 bits per heavy atom. The van der Waals surface area contributed by atoms with Gasteiger partial charge in [0.15, 0.2) is 0 Å². The third-order valence-corrected chi connectivity index (χ3v) is 9.42. The molecule has 5 fully saturated rings. The smallest absolute Gasteiger partial charge is 0.315 e. The molecule has 1 heterocycles. The Bertz CT molecular complexity index is 880. The predicted molar refractivity (Wildman–Crippen MR) is 117 cm³/mol. The maximum absolute atomic E-state index is 13.6. The molecule has 5 aliphatic rings. The number of methoxy groups -OCH3 is 1. The summed E-state index contributed by atoms with van der Waals surface area (Å²) >= 11 is 0. The first-order valence-corrected chi connectivity index (χ1v) is 11.7. The van der Waals surface area contributed by atoms with Crippen molar-refractivity contribution in [2.45, 2.75) is 56.8 Å². The van der Waals surface area contributed by atoms with Crippen molar-refractivity contribution in [1.29, 1.82) is 0 Å². The van der Waals surface area contributed by atoms with Gasteiger partial charge in [-0.05, 0) is 43.9 Å². The standard InChI is InChI=1S/C26H34O6/c1-6-10-30-17-14-26-18-9-8-16-13-25(18,12-15(16)3)19(22(27)29-5)20(26)24(4,23(28)32-26)21(17)31-11-7-2/h6-7,16-21H,1-3,8-14H2,4-5H3/t16-,17-,18-,19-,20-,21+,24+,25+,26-/m1/s1. The zero-order valence-electron chi connectivity index (χ0n) is 19.1. The van der Waals surface area contributed by atoms with Gasteiger partial charge in [0.1, 0.15) is 17.1 Å². The molecule has 1 aliphatic heterocycles. The van der Waals surface area contributed by atoms with Crippen LogP contribution in [0, 0.1) is 34.5 Å². The van der Waals surface area contributed by atoms with E-state index in [2.05, 4.69) is 19.7 Å². The van der Waals surface area contributed by atoms with Gasteiger partial charge in [-0.1, -0.05) is 24.3 Å². The van der Waals surface area contributed by atoms with Crippen LogP contribution in [0.25, 0.3) is 0 Å². The Hall–Kier alpha value is -1.92. The van der Waals surface area contributed by atoms with Gasteiger partial charge in [0.25, 0.3) is 0 Å². The lowest BCUT2D eigenvalue weighted by atomic mass is 9.58. The van der Waals surface area contributed by atoms with Crippen LogP contribution in [-0.2, 0) is 28.5 Å². The number of carbonyl (C=O) groups is 2. The Kier molecular flexibility index (Phi) is 4.99. The summed E-state index contributed by atoms with van der Waals surface area (Å²) in [7, 11) is 1.44. The lowest BCUT2D eigenvalue weighted by Gasteiger charge is -2.48. The number of rotatable bonds is 7. The summed E-state index contributed by atoms with van der Waals surface area (Å²) in [6, 6.07) is 0. The fraction of sp³-hybridized carbons (Fsp3) is 0.692. The van der Waals surface area contributed by atoms with Crippen LogP contribution in [0.1, 0.15) is 39.0 Å². The zero-order valence-corrected chi connectivity index (χ0v) is 19.1. The highest BCUT2D eigenvalue weighted by Gasteiger charge is 2.84. The largest absolute Gasteiger partial charge is 0.469 e. The molecular weight excluding hydrogens is 408 g/mol. The minimum Gasteiger partial charge on any atom is -0.469 e. The summed E-state index contributed by atoms with van der Waals surface area (Å²) in [4.78, 5) is 27.0. The molecule has 1 saturated heterocycles. The first kappa shape index (κ1) is 21.9. The Morgan fingerprint density at radius 3 is 2.59 bits per heavy atom. The number of hydrogen-bond donors (Lipinski definition) is 0. The van der Waals surface area contributed by atoms with E-state index >= 15 is 0 Å². The molecule has 9 atom stereocenters. The van der Waals surface area contributed by atoms with E-state index in [9.17, 15) is 9.59 Å². The second kappa shape index (κ2) is 7.29. The number of allylic oxidation sites excluding steroid dienone is 1. The van der Waals surface area contributed by atoms with Crippen LogP contribution in [-0.4, -0.2) is 50.1 Å². The van der Waals surface area contributed by atoms with E-state index in [0.717, 1.165) is 25.7 Å². The van der Waals surface area contributed by atoms with Crippen LogP contribution in [0.3, 0.4) is 0 Å². The lowest BCUT2D eigenvalue weighted by molar-refractivity contribution is -0.180. The summed E-state index contributed by atoms with van der Waals surface area (Å²) in [5.74, 6) is -0.758. The molecule has 0 amide bonds. The molecule has 174 valence electrons. The molecule has 6 heteroatoms. The molecule has 0 aromatic rings. The van der Waals surface area contributed by atoms with Gasteiger partial charge in [-0.2, -0.15) is 0 Å². The van der Waals surface area contributed by atoms with E-state index < -0.39 is 23.0 Å². The summed E-state index contributed by atoms with van der Waals surface area (Å²) in [6.45, 7) is 14.5. The van der Waals surface area contributed by atoms with Crippen molar-refractivity contribution >= 4 is 11.9 Å². The highest BCUT2D eigenvalue weighted by atomic mass is 16.6. The summed E-state index contributed by atoms with van der Waals surface area (Å²) in [5.41, 5.74) is -0.823. The zero-order chi connectivity index (χ0) is 22.9. The molecule has 1 spiro atoms. The normalized spacial score (nSPS) is 48.1. The van der Waals surface area contributed by atoms with Crippen LogP contribution in [0.5, 0.6) is 0 Å². The first-order chi connectivity index (χ1) is 15.3. The number of esters is 2. The van der Waals surface area contributed by atoms with Crippen molar-refractivity contribution in [3.63, 3.8) is 0 Å². The average molecular weight is 443 g/mol. The Balaban J connectivity index is 1.68. The van der Waals surface area contributed by atoms with Crippen molar-refractivity contribution in [3.8, 4) is 0 Å². The highest BCUT2D eigenvalue weighted by Crippen LogP contribution is 2.78. The van der Waals surface area contributed by atoms with Crippen molar-refractivity contribution in [2.24, 2.45) is 34.5 Å². The highest BCUT2D eigenvalue weighted by molar-refractivity contribution is 5.86. The van der Waals surface area contributed by atoms with E-state index in [1.165, 1.54) is 12.7 Å². The van der Waals surface area contributed by atoms with Gasteiger partial charge in [0.05, 0.1) is 32.3 Å². The Labute approximate surface area is 190 Å². The van der Waals surface area contributed by atoms with Gasteiger partial charge in [0, 0.05) is 18.3 Å². The second-order valence-electron chi connectivity index (χ2n) is 10.6. The van der Waals surface area contributed by atoms with E-state index in [4.69, 9.17) is 18.9 Å². The molecule has 32 heavy (non-hydrogen) atoms. The van der Waals surface area contributed by atoms with Crippen LogP contribution < -0.4 is 0 Å². The molecule has 0 aromatic carbocycles. The first-order valence-electron chi connectivity index (χ1n) is 11.7. The molecule has 0 unspecified atom stereocenters. The number of ether oxygens (including phenoxy) is 4. The SMILES string of the molecule is C=CCO[C@@H]1C[C@]23OC(=O)[C@](C)([C@H]1OCC=C)[C@H]2[C@H](C(=O)OC)[C@]12CC(=C)[C@H](CC[C@H]13)C2. The molecular formula is C26H34O6. The van der Waals surface area contributed by atoms with Gasteiger partial charge in [0.2, 0.25) is 0 Å². The molecule has 4 saturated carbocycles. The molecule has 4 bridgehead atoms. The maximum Gasteiger partial charge on any atom is 0.315 e. The summed E-state index contributed by atoms with van der Waals surface area (Å²) < 4.78 is 24.2. The van der Waals surface area contributed by atoms with Gasteiger partial charge in [-0.3, -0.25) is 9.59 Å². The average Bonchev–Trinajstić information content (AvgIpc) is 3.23. The van der Waals surface area contributed by atoms with Gasteiger partial charge >= 0.3 is 11.9 Å². The monoisotopic (exact) mass is 442 g/mol.